The molecule has 6 nitrogen and oxygen atoms in total. The van der Waals surface area contributed by atoms with Crippen molar-refractivity contribution in [2.75, 3.05) is 39.6 Å². The number of aromatic nitrogens is 2. The predicted octanol–water partition coefficient (Wildman–Crippen LogP) is 3.19. The summed E-state index contributed by atoms with van der Waals surface area (Å²) < 4.78 is 22.2. The van der Waals surface area contributed by atoms with E-state index in [2.05, 4.69) is 10.2 Å². The van der Waals surface area contributed by atoms with E-state index in [1.165, 1.54) is 5.56 Å². The summed E-state index contributed by atoms with van der Waals surface area (Å²) in [5.74, 6) is 0.814. The van der Waals surface area contributed by atoms with Crippen molar-refractivity contribution in [3.8, 4) is 5.75 Å². The normalized spacial score (nSPS) is 11.1. The molecule has 1 aromatic heterocycles. The fourth-order valence-electron chi connectivity index (χ4n) is 2.43. The van der Waals surface area contributed by atoms with Crippen LogP contribution in [0.3, 0.4) is 0 Å². The summed E-state index contributed by atoms with van der Waals surface area (Å²) in [6.45, 7) is 3.88. The van der Waals surface area contributed by atoms with E-state index in [-0.39, 0.29) is 0 Å². The van der Waals surface area contributed by atoms with Crippen molar-refractivity contribution in [2.24, 2.45) is 0 Å². The van der Waals surface area contributed by atoms with E-state index >= 15 is 0 Å². The van der Waals surface area contributed by atoms with Crippen molar-refractivity contribution in [3.63, 3.8) is 0 Å². The summed E-state index contributed by atoms with van der Waals surface area (Å²) in [6.07, 6.45) is 1.78. The lowest BCUT2D eigenvalue weighted by atomic mass is 10.2. The van der Waals surface area contributed by atoms with Crippen molar-refractivity contribution < 1.29 is 18.9 Å². The fraction of sp³-hybridized carbons (Fsp3) is 0.350. The van der Waals surface area contributed by atoms with Gasteiger partial charge in [0.15, 0.2) is 0 Å². The number of rotatable bonds is 12. The Morgan fingerprint density at radius 3 is 2.31 bits per heavy atom. The van der Waals surface area contributed by atoms with Gasteiger partial charge in [-0.3, -0.25) is 5.10 Å². The molecule has 0 aliphatic heterocycles. The molecule has 0 aliphatic rings. The van der Waals surface area contributed by atoms with Crippen LogP contribution in [0.1, 0.15) is 5.56 Å². The van der Waals surface area contributed by atoms with E-state index in [0.717, 1.165) is 16.7 Å². The molecule has 1 heterocycles. The molecule has 0 spiro atoms. The van der Waals surface area contributed by atoms with E-state index < -0.39 is 0 Å². The second kappa shape index (κ2) is 10.6. The van der Waals surface area contributed by atoms with Gasteiger partial charge in [0.05, 0.1) is 51.4 Å². The maximum atomic E-state index is 5.66. The van der Waals surface area contributed by atoms with E-state index in [4.69, 9.17) is 18.9 Å². The average molecular weight is 356 g/mol. The molecular weight excluding hydrogens is 332 g/mol. The van der Waals surface area contributed by atoms with Crippen LogP contribution >= 0.6 is 0 Å². The van der Waals surface area contributed by atoms with Gasteiger partial charge in [0.1, 0.15) is 12.4 Å². The van der Waals surface area contributed by atoms with Crippen LogP contribution in [0, 0.1) is 0 Å². The number of fused-ring (bicyclic) bond motifs is 1. The molecule has 0 atom stereocenters. The molecule has 0 aliphatic carbocycles. The molecule has 3 aromatic rings. The van der Waals surface area contributed by atoms with Crippen molar-refractivity contribution in [1.29, 1.82) is 0 Å². The predicted molar refractivity (Wildman–Crippen MR) is 99.3 cm³/mol. The van der Waals surface area contributed by atoms with Gasteiger partial charge in [-0.05, 0) is 23.8 Å². The number of hydrogen-bond acceptors (Lipinski definition) is 5. The zero-order valence-electron chi connectivity index (χ0n) is 14.7. The molecule has 0 fully saturated rings. The topological polar surface area (TPSA) is 65.6 Å². The molecular formula is C20H24N2O4. The van der Waals surface area contributed by atoms with E-state index in [0.29, 0.717) is 46.2 Å². The van der Waals surface area contributed by atoms with Gasteiger partial charge in [-0.2, -0.15) is 5.10 Å². The summed E-state index contributed by atoms with van der Waals surface area (Å²) in [5.41, 5.74) is 2.17. The first-order valence-corrected chi connectivity index (χ1v) is 8.75. The molecule has 0 unspecified atom stereocenters. The van der Waals surface area contributed by atoms with Crippen LogP contribution in [0.2, 0.25) is 0 Å². The van der Waals surface area contributed by atoms with Gasteiger partial charge < -0.3 is 18.9 Å². The molecule has 26 heavy (non-hydrogen) atoms. The Balaban J connectivity index is 1.15. The standard InChI is InChI=1S/C20H24N2O4/c1-2-4-17(5-3-1)16-25-11-10-23-8-9-24-12-13-26-19-6-7-20-18(14-19)15-21-22-20/h1-7,14-15H,8-13,16H2,(H,21,22). The van der Waals surface area contributed by atoms with Gasteiger partial charge >= 0.3 is 0 Å². The van der Waals surface area contributed by atoms with Gasteiger partial charge in [0, 0.05) is 5.39 Å². The first-order chi connectivity index (χ1) is 12.9. The molecule has 0 saturated carbocycles. The number of nitrogens with one attached hydrogen (secondary N) is 1. The SMILES string of the molecule is c1ccc(COCCOCCOCCOc2ccc3[nH]ncc3c2)cc1. The maximum Gasteiger partial charge on any atom is 0.120 e. The Hall–Kier alpha value is -2.41. The highest BCUT2D eigenvalue weighted by Gasteiger charge is 1.99. The van der Waals surface area contributed by atoms with E-state index in [1.54, 1.807) is 6.20 Å². The van der Waals surface area contributed by atoms with E-state index in [1.807, 2.05) is 48.5 Å². The number of benzene rings is 2. The van der Waals surface area contributed by atoms with Crippen molar-refractivity contribution >= 4 is 10.9 Å². The molecule has 0 amide bonds. The lowest BCUT2D eigenvalue weighted by Crippen LogP contribution is -2.12. The molecule has 0 bridgehead atoms. The highest BCUT2D eigenvalue weighted by Crippen LogP contribution is 2.18. The first kappa shape index (κ1) is 18.4. The van der Waals surface area contributed by atoms with Crippen LogP contribution in [0.15, 0.2) is 54.7 Å². The number of H-pyrrole nitrogens is 1. The summed E-state index contributed by atoms with van der Waals surface area (Å²) in [5, 5.41) is 7.93. The number of hydrogen-bond donors (Lipinski definition) is 1. The molecule has 2 aromatic carbocycles. The number of ether oxygens (including phenoxy) is 4. The quantitative estimate of drug-likeness (QED) is 0.505. The Kier molecular flexibility index (Phi) is 7.46. The van der Waals surface area contributed by atoms with Gasteiger partial charge in [-0.1, -0.05) is 30.3 Å². The van der Waals surface area contributed by atoms with Crippen LogP contribution < -0.4 is 4.74 Å². The summed E-state index contributed by atoms with van der Waals surface area (Å²) in [4.78, 5) is 0. The highest BCUT2D eigenvalue weighted by atomic mass is 16.6. The first-order valence-electron chi connectivity index (χ1n) is 8.75. The zero-order chi connectivity index (χ0) is 17.9. The Labute approximate surface area is 153 Å². The summed E-state index contributed by atoms with van der Waals surface area (Å²) >= 11 is 0. The van der Waals surface area contributed by atoms with Gasteiger partial charge in [0.25, 0.3) is 0 Å². The van der Waals surface area contributed by atoms with Crippen LogP contribution in [-0.4, -0.2) is 49.8 Å². The minimum atomic E-state index is 0.504. The maximum absolute atomic E-state index is 5.66. The zero-order valence-corrected chi connectivity index (χ0v) is 14.7. The summed E-state index contributed by atoms with van der Waals surface area (Å²) in [7, 11) is 0. The van der Waals surface area contributed by atoms with Crippen LogP contribution in [0.4, 0.5) is 0 Å². The minimum absolute atomic E-state index is 0.504. The Morgan fingerprint density at radius 2 is 1.50 bits per heavy atom. The largest absolute Gasteiger partial charge is 0.491 e. The number of nitrogens with zero attached hydrogens (tertiary/aromatic N) is 1. The average Bonchev–Trinajstić information content (AvgIpc) is 3.15. The number of aromatic amines is 1. The van der Waals surface area contributed by atoms with E-state index in [9.17, 15) is 0 Å². The van der Waals surface area contributed by atoms with Crippen LogP contribution in [-0.2, 0) is 20.8 Å². The van der Waals surface area contributed by atoms with Gasteiger partial charge in [-0.25, -0.2) is 0 Å². The third-order valence-electron chi connectivity index (χ3n) is 3.76. The van der Waals surface area contributed by atoms with Crippen molar-refractivity contribution in [2.45, 2.75) is 6.61 Å². The molecule has 138 valence electrons. The monoisotopic (exact) mass is 356 g/mol. The second-order valence-corrected chi connectivity index (χ2v) is 5.73. The van der Waals surface area contributed by atoms with Crippen molar-refractivity contribution in [1.82, 2.24) is 10.2 Å². The van der Waals surface area contributed by atoms with Gasteiger partial charge in [-0.15, -0.1) is 0 Å². The smallest absolute Gasteiger partial charge is 0.120 e. The fourth-order valence-corrected chi connectivity index (χ4v) is 2.43. The summed E-state index contributed by atoms with van der Waals surface area (Å²) in [6, 6.07) is 15.9. The molecule has 0 radical (unpaired) electrons. The Morgan fingerprint density at radius 1 is 0.769 bits per heavy atom. The second-order valence-electron chi connectivity index (χ2n) is 5.73. The molecule has 3 rings (SSSR count). The molecule has 6 heteroatoms. The molecule has 0 saturated heterocycles. The molecule has 1 N–H and O–H groups in total. The van der Waals surface area contributed by atoms with Crippen LogP contribution in [0.5, 0.6) is 5.75 Å². The lowest BCUT2D eigenvalue weighted by molar-refractivity contribution is 0.00598. The highest BCUT2D eigenvalue weighted by molar-refractivity contribution is 5.79. The lowest BCUT2D eigenvalue weighted by Gasteiger charge is -2.08. The van der Waals surface area contributed by atoms with Crippen LogP contribution in [0.25, 0.3) is 10.9 Å². The minimum Gasteiger partial charge on any atom is -0.491 e. The van der Waals surface area contributed by atoms with Gasteiger partial charge in [0.2, 0.25) is 0 Å². The third-order valence-corrected chi connectivity index (χ3v) is 3.76. The van der Waals surface area contributed by atoms with Crippen molar-refractivity contribution in [3.05, 3.63) is 60.3 Å². The third kappa shape index (κ3) is 6.15. The Bertz CT molecular complexity index is 761.